The predicted molar refractivity (Wildman–Crippen MR) is 94.6 cm³/mol. The number of likely N-dealkylation sites (tertiary alicyclic amines) is 1. The maximum Gasteiger partial charge on any atom is 0.340 e. The number of hydrogen-bond acceptors (Lipinski definition) is 5. The lowest BCUT2D eigenvalue weighted by atomic mass is 10.0. The van der Waals surface area contributed by atoms with Gasteiger partial charge in [0, 0.05) is 17.5 Å². The molecule has 1 amide bonds. The van der Waals surface area contributed by atoms with Crippen LogP contribution in [0.25, 0.3) is 11.0 Å². The van der Waals surface area contributed by atoms with Crippen LogP contribution in [0.1, 0.15) is 29.5 Å². The zero-order valence-corrected chi connectivity index (χ0v) is 15.0. The van der Waals surface area contributed by atoms with Gasteiger partial charge in [-0.05, 0) is 44.4 Å². The second-order valence-electron chi connectivity index (χ2n) is 6.52. The van der Waals surface area contributed by atoms with Gasteiger partial charge in [-0.2, -0.15) is 0 Å². The smallest absolute Gasteiger partial charge is 0.340 e. The van der Waals surface area contributed by atoms with Crippen LogP contribution >= 0.6 is 0 Å². The average molecular weight is 359 g/mol. The van der Waals surface area contributed by atoms with Crippen LogP contribution in [0.3, 0.4) is 0 Å². The average Bonchev–Trinajstić information content (AvgIpc) is 3.09. The minimum atomic E-state index is -1.01. The molecule has 138 valence electrons. The first-order valence-corrected chi connectivity index (χ1v) is 8.47. The third-order valence-electron chi connectivity index (χ3n) is 5.06. The largest absolute Gasteiger partial charge is 0.496 e. The maximum absolute atomic E-state index is 12.6. The Kier molecular flexibility index (Phi) is 4.71. The summed E-state index contributed by atoms with van der Waals surface area (Å²) in [5.74, 6) is -0.763. The van der Waals surface area contributed by atoms with Crippen LogP contribution in [0, 0.1) is 13.8 Å². The van der Waals surface area contributed by atoms with Gasteiger partial charge in [0.2, 0.25) is 5.91 Å². The summed E-state index contributed by atoms with van der Waals surface area (Å²) in [6.07, 6.45) is 0.914. The van der Waals surface area contributed by atoms with Crippen LogP contribution in [-0.4, -0.2) is 41.6 Å². The molecule has 0 spiro atoms. The van der Waals surface area contributed by atoms with E-state index in [9.17, 15) is 19.5 Å². The molecule has 1 saturated heterocycles. The molecule has 1 aliphatic heterocycles. The minimum Gasteiger partial charge on any atom is -0.496 e. The topological polar surface area (TPSA) is 97.0 Å². The zero-order valence-electron chi connectivity index (χ0n) is 15.0. The number of rotatable bonds is 4. The van der Waals surface area contributed by atoms with Gasteiger partial charge in [-0.1, -0.05) is 0 Å². The summed E-state index contributed by atoms with van der Waals surface area (Å²) in [5.41, 5.74) is 1.51. The molecule has 1 aromatic heterocycles. The van der Waals surface area contributed by atoms with Crippen molar-refractivity contribution in [3.63, 3.8) is 0 Å². The second-order valence-corrected chi connectivity index (χ2v) is 6.52. The molecular weight excluding hydrogens is 338 g/mol. The van der Waals surface area contributed by atoms with Gasteiger partial charge in [-0.15, -0.1) is 0 Å². The summed E-state index contributed by atoms with van der Waals surface area (Å²) in [5, 5.41) is 9.98. The summed E-state index contributed by atoms with van der Waals surface area (Å²) >= 11 is 0. The lowest BCUT2D eigenvalue weighted by molar-refractivity contribution is -0.148. The molecule has 1 aliphatic rings. The van der Waals surface area contributed by atoms with Crippen molar-refractivity contribution >= 4 is 22.8 Å². The Balaban J connectivity index is 2.00. The van der Waals surface area contributed by atoms with Gasteiger partial charge in [0.25, 0.3) is 0 Å². The summed E-state index contributed by atoms with van der Waals surface area (Å²) < 4.78 is 10.7. The number of carbonyl (C=O) groups is 2. The van der Waals surface area contributed by atoms with Gasteiger partial charge >= 0.3 is 11.6 Å². The third-order valence-corrected chi connectivity index (χ3v) is 5.06. The molecule has 7 nitrogen and oxygen atoms in total. The normalized spacial score (nSPS) is 16.9. The first kappa shape index (κ1) is 18.0. The van der Waals surface area contributed by atoms with E-state index in [2.05, 4.69) is 0 Å². The number of methoxy groups -OCH3 is 1. The van der Waals surface area contributed by atoms with Crippen LogP contribution in [0.15, 0.2) is 21.3 Å². The molecule has 1 aromatic carbocycles. The van der Waals surface area contributed by atoms with E-state index in [1.165, 1.54) is 4.90 Å². The van der Waals surface area contributed by atoms with Crippen molar-refractivity contribution in [2.24, 2.45) is 0 Å². The van der Waals surface area contributed by atoms with Crippen molar-refractivity contribution < 1.29 is 23.8 Å². The number of aryl methyl sites for hydroxylation is 2. The van der Waals surface area contributed by atoms with Gasteiger partial charge < -0.3 is 19.2 Å². The molecule has 0 aliphatic carbocycles. The Labute approximate surface area is 150 Å². The molecular formula is C19H21NO6. The lowest BCUT2D eigenvalue weighted by Gasteiger charge is -2.21. The van der Waals surface area contributed by atoms with Crippen molar-refractivity contribution in [1.82, 2.24) is 4.90 Å². The first-order valence-electron chi connectivity index (χ1n) is 8.47. The summed E-state index contributed by atoms with van der Waals surface area (Å²) in [4.78, 5) is 37.7. The Morgan fingerprint density at radius 2 is 2.04 bits per heavy atom. The van der Waals surface area contributed by atoms with E-state index >= 15 is 0 Å². The fourth-order valence-corrected chi connectivity index (χ4v) is 3.57. The van der Waals surface area contributed by atoms with E-state index in [4.69, 9.17) is 9.15 Å². The minimum absolute atomic E-state index is 0.168. The molecule has 2 aromatic rings. The van der Waals surface area contributed by atoms with Crippen LogP contribution in [0.5, 0.6) is 5.75 Å². The van der Waals surface area contributed by atoms with Crippen molar-refractivity contribution in [2.75, 3.05) is 13.7 Å². The van der Waals surface area contributed by atoms with Crippen molar-refractivity contribution in [1.29, 1.82) is 0 Å². The number of carbonyl (C=O) groups excluding carboxylic acids is 1. The Morgan fingerprint density at radius 3 is 2.69 bits per heavy atom. The highest BCUT2D eigenvalue weighted by Crippen LogP contribution is 2.29. The standard InChI is InChI=1S/C19H21NO6/c1-10-12-6-7-15(25-3)11(2)17(12)26-19(24)13(10)9-16(21)20-8-4-5-14(20)18(22)23/h6-7,14H,4-5,8-9H2,1-3H3,(H,22,23)/t14-/m0/s1. The van der Waals surface area contributed by atoms with E-state index in [0.717, 1.165) is 5.39 Å². The lowest BCUT2D eigenvalue weighted by Crippen LogP contribution is -2.41. The Hall–Kier alpha value is -2.83. The van der Waals surface area contributed by atoms with Gasteiger partial charge in [0.1, 0.15) is 17.4 Å². The number of nitrogens with zero attached hydrogens (tertiary/aromatic N) is 1. The van der Waals surface area contributed by atoms with Gasteiger partial charge in [-0.3, -0.25) is 4.79 Å². The third kappa shape index (κ3) is 2.94. The number of carboxylic acids is 1. The second kappa shape index (κ2) is 6.82. The predicted octanol–water partition coefficient (Wildman–Crippen LogP) is 2.04. The number of amides is 1. The fourth-order valence-electron chi connectivity index (χ4n) is 3.57. The van der Waals surface area contributed by atoms with E-state index in [1.54, 1.807) is 33.1 Å². The zero-order chi connectivity index (χ0) is 19.0. The van der Waals surface area contributed by atoms with Gasteiger partial charge in [-0.25, -0.2) is 9.59 Å². The molecule has 0 unspecified atom stereocenters. The maximum atomic E-state index is 12.6. The number of ether oxygens (including phenoxy) is 1. The molecule has 7 heteroatoms. The van der Waals surface area contributed by atoms with Crippen LogP contribution in [0.2, 0.25) is 0 Å². The Morgan fingerprint density at radius 1 is 1.31 bits per heavy atom. The first-order chi connectivity index (χ1) is 12.3. The van der Waals surface area contributed by atoms with E-state index in [-0.39, 0.29) is 17.9 Å². The van der Waals surface area contributed by atoms with Crippen LogP contribution in [-0.2, 0) is 16.0 Å². The Bertz CT molecular complexity index is 945. The molecule has 2 heterocycles. The number of aliphatic carboxylic acids is 1. The van der Waals surface area contributed by atoms with Crippen LogP contribution < -0.4 is 10.4 Å². The number of benzene rings is 1. The fraction of sp³-hybridized carbons (Fsp3) is 0.421. The van der Waals surface area contributed by atoms with E-state index < -0.39 is 17.6 Å². The molecule has 0 radical (unpaired) electrons. The van der Waals surface area contributed by atoms with E-state index in [0.29, 0.717) is 41.8 Å². The number of hydrogen-bond donors (Lipinski definition) is 1. The van der Waals surface area contributed by atoms with Gasteiger partial charge in [0.15, 0.2) is 0 Å². The summed E-state index contributed by atoms with van der Waals surface area (Å²) in [6.45, 7) is 3.96. The molecule has 0 bridgehead atoms. The van der Waals surface area contributed by atoms with Crippen molar-refractivity contribution in [3.05, 3.63) is 39.2 Å². The van der Waals surface area contributed by atoms with Crippen LogP contribution in [0.4, 0.5) is 0 Å². The molecule has 0 saturated carbocycles. The molecule has 26 heavy (non-hydrogen) atoms. The summed E-state index contributed by atoms with van der Waals surface area (Å²) in [7, 11) is 1.54. The highest BCUT2D eigenvalue weighted by atomic mass is 16.5. The number of carboxylic acid groups (broad SMARTS) is 1. The van der Waals surface area contributed by atoms with E-state index in [1.807, 2.05) is 0 Å². The molecule has 1 N–H and O–H groups in total. The molecule has 1 fully saturated rings. The highest BCUT2D eigenvalue weighted by Gasteiger charge is 2.34. The SMILES string of the molecule is COc1ccc2c(C)c(CC(=O)N3CCC[C@H]3C(=O)O)c(=O)oc2c1C. The number of fused-ring (bicyclic) bond motifs is 1. The van der Waals surface area contributed by atoms with Gasteiger partial charge in [0.05, 0.1) is 19.1 Å². The quantitative estimate of drug-likeness (QED) is 0.839. The monoisotopic (exact) mass is 359 g/mol. The molecule has 1 atom stereocenters. The molecule has 3 rings (SSSR count). The highest BCUT2D eigenvalue weighted by molar-refractivity contribution is 5.89. The van der Waals surface area contributed by atoms with Crippen molar-refractivity contribution in [3.8, 4) is 5.75 Å². The van der Waals surface area contributed by atoms with Crippen molar-refractivity contribution in [2.45, 2.75) is 39.2 Å². The summed E-state index contributed by atoms with van der Waals surface area (Å²) in [6, 6.07) is 2.77.